The summed E-state index contributed by atoms with van der Waals surface area (Å²) in [6.45, 7) is 0. The standard InChI is InChI=1S/5C6H8O7.3Nb/c5*7-3(8)1-6(13,5(11)12)2-4(9)10;;;/h5*13H,1-2H2,(H,7,8)(H,9,10)(H,11,12);;;. The van der Waals surface area contributed by atoms with E-state index in [0.717, 1.165) is 0 Å². The zero-order valence-electron chi connectivity index (χ0n) is 33.5. The van der Waals surface area contributed by atoms with Crippen molar-refractivity contribution < 1.29 is 241 Å². The Kier molecular flexibility index (Phi) is 41.0. The largest absolute Gasteiger partial charge is 0.481 e. The van der Waals surface area contributed by atoms with Crippen molar-refractivity contribution in [2.24, 2.45) is 0 Å². The van der Waals surface area contributed by atoms with Crippen molar-refractivity contribution in [2.45, 2.75) is 92.2 Å². The predicted octanol–water partition coefficient (Wildman–Crippen LogP) is -6.25. The van der Waals surface area contributed by atoms with Gasteiger partial charge in [-0.15, -0.1) is 0 Å². The van der Waals surface area contributed by atoms with Gasteiger partial charge in [0, 0.05) is 67.1 Å². The van der Waals surface area contributed by atoms with E-state index in [0.29, 0.717) is 0 Å². The maximum atomic E-state index is 10.3. The van der Waals surface area contributed by atoms with Gasteiger partial charge in [-0.2, -0.15) is 0 Å². The van der Waals surface area contributed by atoms with Crippen LogP contribution in [0.4, 0.5) is 0 Å². The molecule has 0 saturated carbocycles. The molecule has 0 rings (SSSR count). The van der Waals surface area contributed by atoms with Gasteiger partial charge in [0.15, 0.2) is 28.0 Å². The molecular formula is C30H40Nb3O35. The van der Waals surface area contributed by atoms with E-state index < -0.39 is 182 Å². The van der Waals surface area contributed by atoms with Gasteiger partial charge in [-0.3, -0.25) is 47.9 Å². The Balaban J connectivity index is -0.000000109. The monoisotopic (exact) mass is 1240 g/mol. The molecule has 0 heterocycles. The molecule has 35 nitrogen and oxygen atoms in total. The van der Waals surface area contributed by atoms with Crippen molar-refractivity contribution in [3.8, 4) is 0 Å². The van der Waals surface area contributed by atoms with Crippen LogP contribution >= 0.6 is 0 Å². The summed E-state index contributed by atoms with van der Waals surface area (Å²) in [7, 11) is 0. The molecule has 0 aromatic heterocycles. The van der Waals surface area contributed by atoms with E-state index in [1.54, 1.807) is 0 Å². The number of hydrogen-bond acceptors (Lipinski definition) is 20. The molecule has 0 aromatic rings. The number of carboxylic acids is 15. The van der Waals surface area contributed by atoms with E-state index in [1.807, 2.05) is 0 Å². The number of hydrogen-bond donors (Lipinski definition) is 20. The van der Waals surface area contributed by atoms with Gasteiger partial charge < -0.3 is 102 Å². The van der Waals surface area contributed by atoms with Gasteiger partial charge in [0.1, 0.15) is 0 Å². The minimum atomic E-state index is -2.74. The Morgan fingerprint density at radius 2 is 0.250 bits per heavy atom. The average molecular weight is 1240 g/mol. The minimum absolute atomic E-state index is 0. The topological polar surface area (TPSA) is 661 Å². The average Bonchev–Trinajstić information content (AvgIpc) is 3.01. The van der Waals surface area contributed by atoms with E-state index in [4.69, 9.17) is 102 Å². The summed E-state index contributed by atoms with van der Waals surface area (Å²) in [5, 5.41) is 169. The van der Waals surface area contributed by atoms with E-state index in [9.17, 15) is 71.9 Å². The first-order valence-electron chi connectivity index (χ1n) is 15.9. The Labute approximate surface area is 421 Å². The number of aliphatic hydroxyl groups is 5. The fourth-order valence-corrected chi connectivity index (χ4v) is 3.57. The summed E-state index contributed by atoms with van der Waals surface area (Å²) in [5.41, 5.74) is -13.7. The molecule has 0 fully saturated rings. The fourth-order valence-electron chi connectivity index (χ4n) is 3.57. The van der Waals surface area contributed by atoms with Crippen LogP contribution in [0.15, 0.2) is 0 Å². The van der Waals surface area contributed by atoms with Crippen LogP contribution in [0.1, 0.15) is 64.2 Å². The van der Waals surface area contributed by atoms with Gasteiger partial charge in [-0.25, -0.2) is 24.0 Å². The van der Waals surface area contributed by atoms with Crippen LogP contribution in [0.25, 0.3) is 0 Å². The van der Waals surface area contributed by atoms with Crippen molar-refractivity contribution in [3.63, 3.8) is 0 Å². The number of aliphatic carboxylic acids is 15. The van der Waals surface area contributed by atoms with Crippen LogP contribution in [-0.4, -0.2) is 220 Å². The minimum Gasteiger partial charge on any atom is -0.481 e. The van der Waals surface area contributed by atoms with Gasteiger partial charge in [-0.05, 0) is 0 Å². The van der Waals surface area contributed by atoms with Gasteiger partial charge in [-0.1, -0.05) is 0 Å². The van der Waals surface area contributed by atoms with Crippen LogP contribution in [0.3, 0.4) is 0 Å². The van der Waals surface area contributed by atoms with Crippen LogP contribution in [0.2, 0.25) is 0 Å². The SMILES string of the molecule is O=C(O)CC(O)(CC(=O)O)C(=O)O.O=C(O)CC(O)(CC(=O)O)C(=O)O.O=C(O)CC(O)(CC(=O)O)C(=O)O.O=C(O)CC(O)(CC(=O)O)C(=O)O.O=C(O)CC(O)(CC(=O)O)C(=O)O.[Nb].[Nb].[Nb]. The molecule has 0 aliphatic carbocycles. The zero-order valence-corrected chi connectivity index (χ0v) is 40.1. The second kappa shape index (κ2) is 35.2. The maximum absolute atomic E-state index is 10.3. The Morgan fingerprint density at radius 1 is 0.191 bits per heavy atom. The molecule has 0 amide bonds. The first-order chi connectivity index (χ1) is 28.9. The molecule has 0 unspecified atom stereocenters. The molecule has 0 aromatic carbocycles. The third kappa shape index (κ3) is 38.2. The molecule has 68 heavy (non-hydrogen) atoms. The quantitative estimate of drug-likeness (QED) is 0.0378. The van der Waals surface area contributed by atoms with Gasteiger partial charge in [0.2, 0.25) is 0 Å². The summed E-state index contributed by atoms with van der Waals surface area (Å²) in [6.07, 6.45) is -11.4. The Hall–Kier alpha value is -5.93. The van der Waals surface area contributed by atoms with Crippen LogP contribution in [0, 0.1) is 0 Å². The van der Waals surface area contributed by atoms with E-state index in [2.05, 4.69) is 0 Å². The van der Waals surface area contributed by atoms with E-state index >= 15 is 0 Å². The van der Waals surface area contributed by atoms with Crippen molar-refractivity contribution in [3.05, 3.63) is 0 Å². The number of carbonyl (C=O) groups is 15. The normalized spacial score (nSPS) is 10.4. The van der Waals surface area contributed by atoms with Gasteiger partial charge in [0.05, 0.1) is 64.2 Å². The molecule has 38 heteroatoms. The number of carboxylic acid groups (broad SMARTS) is 15. The van der Waals surface area contributed by atoms with Crippen LogP contribution in [0.5, 0.6) is 0 Å². The molecular weight excluding hydrogens is 1200 g/mol. The molecule has 3 radical (unpaired) electrons. The molecule has 0 aliphatic heterocycles. The summed E-state index contributed by atoms with van der Waals surface area (Å²) in [5.74, 6) is -25.1. The smallest absolute Gasteiger partial charge is 0.336 e. The van der Waals surface area contributed by atoms with Crippen molar-refractivity contribution in [1.82, 2.24) is 0 Å². The third-order valence-electron chi connectivity index (χ3n) is 6.43. The first kappa shape index (κ1) is 79.2. The zero-order chi connectivity index (χ0) is 53.2. The first-order valence-corrected chi connectivity index (χ1v) is 15.9. The predicted molar refractivity (Wildman–Crippen MR) is 185 cm³/mol. The summed E-state index contributed by atoms with van der Waals surface area (Å²) >= 11 is 0. The van der Waals surface area contributed by atoms with Crippen molar-refractivity contribution in [2.75, 3.05) is 0 Å². The second-order valence-corrected chi connectivity index (χ2v) is 12.4. The van der Waals surface area contributed by atoms with Gasteiger partial charge >= 0.3 is 89.5 Å². The molecule has 0 saturated heterocycles. The molecule has 20 N–H and O–H groups in total. The fraction of sp³-hybridized carbons (Fsp3) is 0.500. The molecule has 0 spiro atoms. The van der Waals surface area contributed by atoms with Crippen molar-refractivity contribution >= 4 is 89.5 Å². The molecule has 0 bridgehead atoms. The molecule has 385 valence electrons. The van der Waals surface area contributed by atoms with Crippen LogP contribution in [-0.2, 0) is 139 Å². The van der Waals surface area contributed by atoms with E-state index in [1.165, 1.54) is 0 Å². The second-order valence-electron chi connectivity index (χ2n) is 12.4. The Morgan fingerprint density at radius 3 is 0.279 bits per heavy atom. The summed E-state index contributed by atoms with van der Waals surface area (Å²) < 4.78 is 0. The maximum Gasteiger partial charge on any atom is 0.336 e. The summed E-state index contributed by atoms with van der Waals surface area (Å²) in [6, 6.07) is 0. The Bertz CT molecular complexity index is 1460. The third-order valence-corrected chi connectivity index (χ3v) is 6.43. The molecule has 0 atom stereocenters. The number of rotatable bonds is 25. The van der Waals surface area contributed by atoms with Gasteiger partial charge in [0.25, 0.3) is 0 Å². The summed E-state index contributed by atoms with van der Waals surface area (Å²) in [4.78, 5) is 152. The van der Waals surface area contributed by atoms with Crippen molar-refractivity contribution in [1.29, 1.82) is 0 Å². The van der Waals surface area contributed by atoms with Crippen LogP contribution < -0.4 is 0 Å². The molecule has 0 aliphatic rings. The van der Waals surface area contributed by atoms with E-state index in [-0.39, 0.29) is 67.1 Å².